The van der Waals surface area contributed by atoms with Gasteiger partial charge in [0.25, 0.3) is 0 Å². The maximum Gasteiger partial charge on any atom is 0.319 e. The first-order chi connectivity index (χ1) is 9.01. The molecule has 1 aromatic rings. The molecule has 0 saturated carbocycles. The van der Waals surface area contributed by atoms with Crippen LogP contribution < -0.4 is 10.6 Å². The van der Waals surface area contributed by atoms with E-state index in [9.17, 15) is 9.59 Å². The summed E-state index contributed by atoms with van der Waals surface area (Å²) in [5.41, 5.74) is 0.709. The van der Waals surface area contributed by atoms with Crippen molar-refractivity contribution in [1.82, 2.24) is 5.32 Å². The quantitative estimate of drug-likeness (QED) is 0.701. The third-order valence-corrected chi connectivity index (χ3v) is 3.26. The van der Waals surface area contributed by atoms with Gasteiger partial charge < -0.3 is 15.7 Å². The van der Waals surface area contributed by atoms with Gasteiger partial charge in [-0.25, -0.2) is 4.79 Å². The number of hydrogen-bond acceptors (Lipinski definition) is 3. The van der Waals surface area contributed by atoms with Gasteiger partial charge >= 0.3 is 12.0 Å². The van der Waals surface area contributed by atoms with Gasteiger partial charge in [-0.3, -0.25) is 4.79 Å². The van der Waals surface area contributed by atoms with E-state index >= 15 is 0 Å². The molecular formula is C13H18N2O3S. The van der Waals surface area contributed by atoms with E-state index in [0.717, 1.165) is 4.90 Å². The molecule has 6 heteroatoms. The first-order valence-corrected chi connectivity index (χ1v) is 7.17. The summed E-state index contributed by atoms with van der Waals surface area (Å²) in [5, 5.41) is 13.9. The highest BCUT2D eigenvalue weighted by Gasteiger charge is 2.09. The van der Waals surface area contributed by atoms with Gasteiger partial charge in [-0.05, 0) is 43.9 Å². The highest BCUT2D eigenvalue weighted by molar-refractivity contribution is 7.98. The second-order valence-electron chi connectivity index (χ2n) is 4.16. The summed E-state index contributed by atoms with van der Waals surface area (Å²) in [6.07, 6.45) is 2.44. The lowest BCUT2D eigenvalue weighted by atomic mass is 10.2. The molecule has 0 aliphatic carbocycles. The van der Waals surface area contributed by atoms with Gasteiger partial charge in [-0.2, -0.15) is 0 Å². The van der Waals surface area contributed by atoms with E-state index in [4.69, 9.17) is 5.11 Å². The van der Waals surface area contributed by atoms with Crippen LogP contribution in [0.2, 0.25) is 0 Å². The number of rotatable bonds is 6. The van der Waals surface area contributed by atoms with Gasteiger partial charge in [0.15, 0.2) is 0 Å². The summed E-state index contributed by atoms with van der Waals surface area (Å²) in [4.78, 5) is 23.2. The number of aliphatic carboxylic acids is 1. The average molecular weight is 282 g/mol. The molecular weight excluding hydrogens is 264 g/mol. The number of thioether (sulfide) groups is 1. The Kier molecular flexibility index (Phi) is 6.21. The van der Waals surface area contributed by atoms with Gasteiger partial charge in [0.1, 0.15) is 0 Å². The Morgan fingerprint density at radius 3 is 2.47 bits per heavy atom. The van der Waals surface area contributed by atoms with Crippen molar-refractivity contribution in [3.05, 3.63) is 24.3 Å². The van der Waals surface area contributed by atoms with E-state index in [-0.39, 0.29) is 18.5 Å². The van der Waals surface area contributed by atoms with Crippen LogP contribution in [-0.4, -0.2) is 29.4 Å². The summed E-state index contributed by atoms with van der Waals surface area (Å²) in [7, 11) is 0. The van der Waals surface area contributed by atoms with E-state index in [1.54, 1.807) is 18.7 Å². The normalized spacial score (nSPS) is 11.7. The molecule has 5 nitrogen and oxygen atoms in total. The van der Waals surface area contributed by atoms with Crippen molar-refractivity contribution in [2.45, 2.75) is 30.7 Å². The number of carboxylic acids is 1. The summed E-state index contributed by atoms with van der Waals surface area (Å²) in [6, 6.07) is 7.00. The average Bonchev–Trinajstić information content (AvgIpc) is 2.37. The van der Waals surface area contributed by atoms with Crippen LogP contribution in [-0.2, 0) is 4.79 Å². The van der Waals surface area contributed by atoms with Crippen LogP contribution in [0, 0.1) is 0 Å². The van der Waals surface area contributed by atoms with Gasteiger partial charge in [-0.15, -0.1) is 11.8 Å². The smallest absolute Gasteiger partial charge is 0.319 e. The molecule has 0 fully saturated rings. The van der Waals surface area contributed by atoms with E-state index in [1.165, 1.54) is 0 Å². The second-order valence-corrected chi connectivity index (χ2v) is 5.04. The molecule has 3 N–H and O–H groups in total. The van der Waals surface area contributed by atoms with Crippen molar-refractivity contribution < 1.29 is 14.7 Å². The second kappa shape index (κ2) is 7.68. The number of nitrogens with one attached hydrogen (secondary N) is 2. The third kappa shape index (κ3) is 6.15. The number of benzene rings is 1. The van der Waals surface area contributed by atoms with E-state index < -0.39 is 5.97 Å². The molecule has 1 aromatic carbocycles. The maximum absolute atomic E-state index is 11.6. The monoisotopic (exact) mass is 282 g/mol. The molecule has 2 amide bonds. The molecule has 0 radical (unpaired) electrons. The zero-order valence-corrected chi connectivity index (χ0v) is 11.8. The number of hydrogen-bond donors (Lipinski definition) is 3. The summed E-state index contributed by atoms with van der Waals surface area (Å²) in [6.45, 7) is 1.78. The molecule has 0 aromatic heterocycles. The lowest BCUT2D eigenvalue weighted by Gasteiger charge is -2.13. The maximum atomic E-state index is 11.6. The topological polar surface area (TPSA) is 78.4 Å². The number of carboxylic acid groups (broad SMARTS) is 1. The molecule has 0 saturated heterocycles. The Morgan fingerprint density at radius 2 is 1.95 bits per heavy atom. The SMILES string of the molecule is CSc1ccc(NC(=O)NC(C)CCC(=O)O)cc1. The van der Waals surface area contributed by atoms with Gasteiger partial charge in [0.2, 0.25) is 0 Å². The Bertz CT molecular complexity index is 434. The van der Waals surface area contributed by atoms with Crippen LogP contribution in [0.4, 0.5) is 10.5 Å². The van der Waals surface area contributed by atoms with Crippen LogP contribution in [0.5, 0.6) is 0 Å². The predicted octanol–water partition coefficient (Wildman–Crippen LogP) is 2.78. The highest BCUT2D eigenvalue weighted by atomic mass is 32.2. The minimum atomic E-state index is -0.860. The Morgan fingerprint density at radius 1 is 1.32 bits per heavy atom. The summed E-state index contributed by atoms with van der Waals surface area (Å²) < 4.78 is 0. The van der Waals surface area contributed by atoms with Crippen molar-refractivity contribution in [2.75, 3.05) is 11.6 Å². The lowest BCUT2D eigenvalue weighted by Crippen LogP contribution is -2.36. The number of carbonyl (C=O) groups is 2. The predicted molar refractivity (Wildman–Crippen MR) is 76.7 cm³/mol. The fourth-order valence-electron chi connectivity index (χ4n) is 1.48. The molecule has 1 rings (SSSR count). The Hall–Kier alpha value is -1.69. The van der Waals surface area contributed by atoms with Crippen LogP contribution in [0.15, 0.2) is 29.2 Å². The van der Waals surface area contributed by atoms with Crippen LogP contribution >= 0.6 is 11.8 Å². The molecule has 0 aliphatic heterocycles. The van der Waals surface area contributed by atoms with Crippen molar-refractivity contribution in [3.63, 3.8) is 0 Å². The first-order valence-electron chi connectivity index (χ1n) is 5.94. The minimum absolute atomic E-state index is 0.0455. The van der Waals surface area contributed by atoms with Crippen molar-refractivity contribution >= 4 is 29.4 Å². The molecule has 0 spiro atoms. The van der Waals surface area contributed by atoms with Crippen molar-refractivity contribution in [2.24, 2.45) is 0 Å². The number of carbonyl (C=O) groups excluding carboxylic acids is 1. The minimum Gasteiger partial charge on any atom is -0.481 e. The zero-order valence-electron chi connectivity index (χ0n) is 11.0. The molecule has 19 heavy (non-hydrogen) atoms. The summed E-state index contributed by atoms with van der Waals surface area (Å²) >= 11 is 1.63. The standard InChI is InChI=1S/C13H18N2O3S/c1-9(3-8-12(16)17)14-13(18)15-10-4-6-11(19-2)7-5-10/h4-7,9H,3,8H2,1-2H3,(H,16,17)(H2,14,15,18). The first kappa shape index (κ1) is 15.4. The van der Waals surface area contributed by atoms with Crippen molar-refractivity contribution in [1.29, 1.82) is 0 Å². The Labute approximate surface area is 116 Å². The molecule has 0 aliphatic rings. The molecule has 0 heterocycles. The van der Waals surface area contributed by atoms with Gasteiger partial charge in [0, 0.05) is 23.0 Å². The summed E-state index contributed by atoms with van der Waals surface area (Å²) in [5.74, 6) is -0.860. The van der Waals surface area contributed by atoms with Crippen LogP contribution in [0.3, 0.4) is 0 Å². The van der Waals surface area contributed by atoms with E-state index in [2.05, 4.69) is 10.6 Å². The highest BCUT2D eigenvalue weighted by Crippen LogP contribution is 2.17. The Balaban J connectivity index is 2.39. The van der Waals surface area contributed by atoms with E-state index in [0.29, 0.717) is 12.1 Å². The fourth-order valence-corrected chi connectivity index (χ4v) is 1.89. The molecule has 0 bridgehead atoms. The van der Waals surface area contributed by atoms with Gasteiger partial charge in [-0.1, -0.05) is 0 Å². The largest absolute Gasteiger partial charge is 0.481 e. The molecule has 1 atom stereocenters. The fraction of sp³-hybridized carbons (Fsp3) is 0.385. The third-order valence-electron chi connectivity index (χ3n) is 2.52. The lowest BCUT2D eigenvalue weighted by molar-refractivity contribution is -0.137. The van der Waals surface area contributed by atoms with Crippen LogP contribution in [0.25, 0.3) is 0 Å². The number of amides is 2. The molecule has 104 valence electrons. The van der Waals surface area contributed by atoms with Crippen molar-refractivity contribution in [3.8, 4) is 0 Å². The van der Waals surface area contributed by atoms with E-state index in [1.807, 2.05) is 30.5 Å². The zero-order chi connectivity index (χ0) is 14.3. The van der Waals surface area contributed by atoms with Gasteiger partial charge in [0.05, 0.1) is 0 Å². The number of urea groups is 1. The number of anilines is 1. The molecule has 1 unspecified atom stereocenters. The van der Waals surface area contributed by atoms with Crippen LogP contribution in [0.1, 0.15) is 19.8 Å².